The highest BCUT2D eigenvalue weighted by Gasteiger charge is 2.33. The molecule has 1 atom stereocenters. The molecule has 0 aromatic heterocycles. The fraction of sp³-hybridized carbons (Fsp3) is 0.312. The van der Waals surface area contributed by atoms with E-state index in [-0.39, 0.29) is 11.3 Å². The summed E-state index contributed by atoms with van der Waals surface area (Å²) in [6, 6.07) is 10.3. The molecule has 20 heavy (non-hydrogen) atoms. The van der Waals surface area contributed by atoms with Crippen molar-refractivity contribution in [3.63, 3.8) is 0 Å². The van der Waals surface area contributed by atoms with Crippen LogP contribution in [0.4, 0.5) is 0 Å². The van der Waals surface area contributed by atoms with Crippen LogP contribution >= 0.6 is 0 Å². The SMILES string of the molecule is O=C1CC=CC(Cc2ccccc2)(NC2=CNNC2)C1. The van der Waals surface area contributed by atoms with Crippen LogP contribution in [0.3, 0.4) is 0 Å². The number of rotatable bonds is 4. The van der Waals surface area contributed by atoms with Crippen molar-refractivity contribution >= 4 is 5.78 Å². The second kappa shape index (κ2) is 5.51. The molecule has 1 aliphatic carbocycles. The van der Waals surface area contributed by atoms with E-state index in [1.807, 2.05) is 30.5 Å². The number of carbonyl (C=O) groups is 1. The first-order chi connectivity index (χ1) is 9.76. The molecule has 0 spiro atoms. The Morgan fingerprint density at radius 3 is 2.80 bits per heavy atom. The molecule has 1 aromatic rings. The fourth-order valence-corrected chi connectivity index (χ4v) is 2.85. The Balaban J connectivity index is 1.84. The van der Waals surface area contributed by atoms with Crippen LogP contribution in [-0.4, -0.2) is 17.9 Å². The molecule has 4 heteroatoms. The molecule has 0 radical (unpaired) electrons. The second-order valence-corrected chi connectivity index (χ2v) is 5.43. The fourth-order valence-electron chi connectivity index (χ4n) is 2.85. The van der Waals surface area contributed by atoms with Crippen molar-refractivity contribution in [3.8, 4) is 0 Å². The van der Waals surface area contributed by atoms with E-state index in [4.69, 9.17) is 0 Å². The lowest BCUT2D eigenvalue weighted by molar-refractivity contribution is -0.119. The number of hydrazine groups is 1. The highest BCUT2D eigenvalue weighted by Crippen LogP contribution is 2.26. The first-order valence-corrected chi connectivity index (χ1v) is 6.95. The van der Waals surface area contributed by atoms with E-state index in [1.165, 1.54) is 5.56 Å². The quantitative estimate of drug-likeness (QED) is 0.724. The molecule has 0 fully saturated rings. The summed E-state index contributed by atoms with van der Waals surface area (Å²) in [6.45, 7) is 0.749. The lowest BCUT2D eigenvalue weighted by atomic mass is 9.81. The number of ketones is 1. The molecule has 1 aliphatic heterocycles. The van der Waals surface area contributed by atoms with E-state index >= 15 is 0 Å². The molecule has 3 rings (SSSR count). The van der Waals surface area contributed by atoms with Gasteiger partial charge >= 0.3 is 0 Å². The Bertz CT molecular complexity index is 550. The van der Waals surface area contributed by atoms with E-state index in [2.05, 4.69) is 34.4 Å². The van der Waals surface area contributed by atoms with Crippen LogP contribution in [0, 0.1) is 0 Å². The summed E-state index contributed by atoms with van der Waals surface area (Å²) in [6.07, 6.45) is 7.95. The first kappa shape index (κ1) is 12.9. The predicted molar refractivity (Wildman–Crippen MR) is 78.6 cm³/mol. The largest absolute Gasteiger partial charge is 0.376 e. The van der Waals surface area contributed by atoms with E-state index in [0.29, 0.717) is 12.8 Å². The highest BCUT2D eigenvalue weighted by atomic mass is 16.1. The minimum absolute atomic E-state index is 0.287. The Labute approximate surface area is 118 Å². The van der Waals surface area contributed by atoms with Crippen LogP contribution in [-0.2, 0) is 11.2 Å². The molecule has 0 amide bonds. The second-order valence-electron chi connectivity index (χ2n) is 5.43. The summed E-state index contributed by atoms with van der Waals surface area (Å²) in [5.74, 6) is 0.287. The van der Waals surface area contributed by atoms with Gasteiger partial charge < -0.3 is 10.7 Å². The third kappa shape index (κ3) is 2.91. The third-order valence-corrected chi connectivity index (χ3v) is 3.69. The van der Waals surface area contributed by atoms with Crippen molar-refractivity contribution in [2.45, 2.75) is 24.8 Å². The number of carbonyl (C=O) groups excluding carboxylic acids is 1. The number of hydrogen-bond acceptors (Lipinski definition) is 4. The van der Waals surface area contributed by atoms with E-state index < -0.39 is 0 Å². The molecule has 3 N–H and O–H groups in total. The number of allylic oxidation sites excluding steroid dienone is 1. The van der Waals surface area contributed by atoms with Gasteiger partial charge in [-0.15, -0.1) is 0 Å². The Morgan fingerprint density at radius 2 is 2.10 bits per heavy atom. The van der Waals surface area contributed by atoms with Crippen molar-refractivity contribution in [2.75, 3.05) is 6.54 Å². The minimum atomic E-state index is -0.309. The summed E-state index contributed by atoms with van der Waals surface area (Å²) in [5, 5.41) is 3.54. The first-order valence-electron chi connectivity index (χ1n) is 6.95. The monoisotopic (exact) mass is 269 g/mol. The van der Waals surface area contributed by atoms with Gasteiger partial charge in [-0.25, -0.2) is 5.43 Å². The zero-order valence-corrected chi connectivity index (χ0v) is 11.4. The summed E-state index contributed by atoms with van der Waals surface area (Å²) in [7, 11) is 0. The van der Waals surface area contributed by atoms with Gasteiger partial charge in [0.05, 0.1) is 12.1 Å². The average Bonchev–Trinajstić information content (AvgIpc) is 2.92. The van der Waals surface area contributed by atoms with Gasteiger partial charge in [0.1, 0.15) is 5.78 Å². The van der Waals surface area contributed by atoms with Crippen molar-refractivity contribution < 1.29 is 4.79 Å². The van der Waals surface area contributed by atoms with Crippen LogP contribution in [0.15, 0.2) is 54.4 Å². The van der Waals surface area contributed by atoms with Gasteiger partial charge in [0.2, 0.25) is 0 Å². The molecular formula is C16H19N3O. The molecule has 1 aromatic carbocycles. The molecular weight excluding hydrogens is 250 g/mol. The van der Waals surface area contributed by atoms with Crippen molar-refractivity contribution in [2.24, 2.45) is 0 Å². The summed E-state index contributed by atoms with van der Waals surface area (Å²) >= 11 is 0. The normalized spacial score (nSPS) is 25.2. The van der Waals surface area contributed by atoms with Crippen LogP contribution in [0.25, 0.3) is 0 Å². The van der Waals surface area contributed by atoms with Crippen molar-refractivity contribution in [1.29, 1.82) is 0 Å². The van der Waals surface area contributed by atoms with Gasteiger partial charge in [-0.3, -0.25) is 4.79 Å². The maximum atomic E-state index is 11.9. The number of Topliss-reactive ketones (excluding diaryl/α,β-unsaturated/α-hetero) is 1. The lowest BCUT2D eigenvalue weighted by Gasteiger charge is -2.35. The molecule has 2 aliphatic rings. The maximum absolute atomic E-state index is 11.9. The third-order valence-electron chi connectivity index (χ3n) is 3.69. The van der Waals surface area contributed by atoms with E-state index in [1.54, 1.807) is 0 Å². The number of nitrogens with one attached hydrogen (secondary N) is 3. The van der Waals surface area contributed by atoms with Crippen molar-refractivity contribution in [1.82, 2.24) is 16.2 Å². The Kier molecular flexibility index (Phi) is 3.56. The summed E-state index contributed by atoms with van der Waals surface area (Å²) < 4.78 is 0. The van der Waals surface area contributed by atoms with Gasteiger partial charge in [0.15, 0.2) is 0 Å². The zero-order valence-electron chi connectivity index (χ0n) is 11.4. The number of benzene rings is 1. The van der Waals surface area contributed by atoms with E-state index in [9.17, 15) is 4.79 Å². The maximum Gasteiger partial charge on any atom is 0.139 e. The van der Waals surface area contributed by atoms with Gasteiger partial charge in [-0.05, 0) is 12.0 Å². The standard InChI is InChI=1S/C16H19N3O/c20-15-7-4-8-16(10-15,19-14-11-17-18-12-14)9-13-5-2-1-3-6-13/h1-6,8,11,17-19H,7,9-10,12H2. The van der Waals surface area contributed by atoms with Crippen LogP contribution in [0.2, 0.25) is 0 Å². The van der Waals surface area contributed by atoms with Crippen LogP contribution in [0.1, 0.15) is 18.4 Å². The van der Waals surface area contributed by atoms with Crippen LogP contribution < -0.4 is 16.2 Å². The van der Waals surface area contributed by atoms with Crippen molar-refractivity contribution in [3.05, 3.63) is 59.9 Å². The highest BCUT2D eigenvalue weighted by molar-refractivity contribution is 5.83. The molecule has 0 bridgehead atoms. The summed E-state index contributed by atoms with van der Waals surface area (Å²) in [5.41, 5.74) is 8.02. The van der Waals surface area contributed by atoms with Gasteiger partial charge in [-0.1, -0.05) is 42.5 Å². The molecule has 1 heterocycles. The Hall–Kier alpha value is -2.07. The Morgan fingerprint density at radius 1 is 1.25 bits per heavy atom. The van der Waals surface area contributed by atoms with Gasteiger partial charge in [0.25, 0.3) is 0 Å². The minimum Gasteiger partial charge on any atom is -0.376 e. The van der Waals surface area contributed by atoms with Gasteiger partial charge in [-0.2, -0.15) is 0 Å². The lowest BCUT2D eigenvalue weighted by Crippen LogP contribution is -2.48. The molecule has 0 saturated carbocycles. The average molecular weight is 269 g/mol. The number of hydrogen-bond donors (Lipinski definition) is 3. The smallest absolute Gasteiger partial charge is 0.139 e. The van der Waals surface area contributed by atoms with E-state index in [0.717, 1.165) is 18.7 Å². The molecule has 4 nitrogen and oxygen atoms in total. The van der Waals surface area contributed by atoms with Gasteiger partial charge in [0, 0.05) is 24.7 Å². The molecule has 0 saturated heterocycles. The summed E-state index contributed by atoms with van der Waals surface area (Å²) in [4.78, 5) is 11.9. The zero-order chi connectivity index (χ0) is 13.8. The molecule has 1 unspecified atom stereocenters. The predicted octanol–water partition coefficient (Wildman–Crippen LogP) is 1.43. The topological polar surface area (TPSA) is 53.2 Å². The van der Waals surface area contributed by atoms with Crippen LogP contribution in [0.5, 0.6) is 0 Å². The molecule has 104 valence electrons.